The van der Waals surface area contributed by atoms with Crippen LogP contribution < -0.4 is 5.32 Å². The highest BCUT2D eigenvalue weighted by Gasteiger charge is 2.17. The first-order valence-electron chi connectivity index (χ1n) is 6.08. The molecule has 1 aromatic carbocycles. The minimum Gasteiger partial charge on any atom is -0.372 e. The number of hydrogen-bond acceptors (Lipinski definition) is 2. The number of carbonyl (C=O) groups is 1. The second-order valence-corrected chi connectivity index (χ2v) is 4.84. The number of carbonyl (C=O) groups excluding carboxylic acids is 1. The van der Waals surface area contributed by atoms with Crippen molar-refractivity contribution in [3.63, 3.8) is 0 Å². The number of hydrogen-bond donors (Lipinski definition) is 1. The molecule has 0 aliphatic carbocycles. The molecule has 1 N–H and O–H groups in total. The van der Waals surface area contributed by atoms with Crippen LogP contribution in [0, 0.1) is 18.3 Å². The molecule has 1 aliphatic heterocycles. The summed E-state index contributed by atoms with van der Waals surface area (Å²) in [4.78, 5) is 12.1. The third kappa shape index (κ3) is 2.55. The van der Waals surface area contributed by atoms with Crippen LogP contribution in [-0.4, -0.2) is 11.9 Å². The molecule has 1 amide bonds. The van der Waals surface area contributed by atoms with E-state index in [-0.39, 0.29) is 17.9 Å². The summed E-state index contributed by atoms with van der Waals surface area (Å²) in [5.41, 5.74) is 2.88. The summed E-state index contributed by atoms with van der Waals surface area (Å²) < 4.78 is 5.33. The van der Waals surface area contributed by atoms with Crippen LogP contribution in [0.3, 0.4) is 0 Å². The van der Waals surface area contributed by atoms with E-state index >= 15 is 0 Å². The summed E-state index contributed by atoms with van der Waals surface area (Å²) in [7, 11) is 0. The van der Waals surface area contributed by atoms with E-state index in [2.05, 4.69) is 11.2 Å². The van der Waals surface area contributed by atoms with E-state index in [0.29, 0.717) is 18.8 Å². The summed E-state index contributed by atoms with van der Waals surface area (Å²) in [6.45, 7) is 5.19. The van der Waals surface area contributed by atoms with Gasteiger partial charge in [-0.3, -0.25) is 4.79 Å². The highest BCUT2D eigenvalue weighted by atomic mass is 16.5. The number of benzene rings is 1. The zero-order valence-corrected chi connectivity index (χ0v) is 10.7. The number of nitrogens with one attached hydrogen (secondary N) is 1. The molecular weight excluding hydrogens is 226 g/mol. The van der Waals surface area contributed by atoms with Gasteiger partial charge in [0.25, 0.3) is 5.91 Å². The van der Waals surface area contributed by atoms with Gasteiger partial charge in [-0.25, -0.2) is 0 Å². The number of amides is 1. The first kappa shape index (κ1) is 12.7. The average Bonchev–Trinajstić information content (AvgIpc) is 2.82. The lowest BCUT2D eigenvalue weighted by Gasteiger charge is -2.16. The van der Waals surface area contributed by atoms with Crippen LogP contribution in [0.4, 0.5) is 0 Å². The lowest BCUT2D eigenvalue weighted by molar-refractivity contribution is 0.0938. The number of ether oxygens (including phenoxy) is 1. The van der Waals surface area contributed by atoms with Gasteiger partial charge in [0.05, 0.1) is 19.3 Å². The molecule has 1 aromatic rings. The molecular formula is C15H17NO2. The molecule has 0 bridgehead atoms. The van der Waals surface area contributed by atoms with Crippen LogP contribution in [0.1, 0.15) is 35.3 Å². The molecule has 18 heavy (non-hydrogen) atoms. The van der Waals surface area contributed by atoms with Gasteiger partial charge in [-0.15, -0.1) is 6.42 Å². The van der Waals surface area contributed by atoms with Crippen molar-refractivity contribution in [2.45, 2.75) is 33.1 Å². The van der Waals surface area contributed by atoms with Crippen LogP contribution in [0.5, 0.6) is 0 Å². The van der Waals surface area contributed by atoms with Gasteiger partial charge in [0.15, 0.2) is 0 Å². The monoisotopic (exact) mass is 243 g/mol. The van der Waals surface area contributed by atoms with Gasteiger partial charge in [-0.2, -0.15) is 0 Å². The summed E-state index contributed by atoms with van der Waals surface area (Å²) in [6.07, 6.45) is 5.41. The Labute approximate surface area is 108 Å². The highest BCUT2D eigenvalue weighted by molar-refractivity contribution is 5.94. The van der Waals surface area contributed by atoms with Gasteiger partial charge in [0, 0.05) is 5.56 Å². The molecule has 2 rings (SSSR count). The predicted molar refractivity (Wildman–Crippen MR) is 69.9 cm³/mol. The largest absolute Gasteiger partial charge is 0.372 e. The standard InChI is InChI=1S/C15H17NO2/c1-4-14(10(2)3)16-15(17)11-5-6-12-8-18-9-13(12)7-11/h1,5-7,10,14H,8-9H2,2-3H3,(H,16,17). The Morgan fingerprint density at radius 3 is 2.78 bits per heavy atom. The van der Waals surface area contributed by atoms with Crippen molar-refractivity contribution in [1.82, 2.24) is 5.32 Å². The third-order valence-electron chi connectivity index (χ3n) is 3.12. The van der Waals surface area contributed by atoms with E-state index in [9.17, 15) is 4.79 Å². The molecule has 3 nitrogen and oxygen atoms in total. The first-order chi connectivity index (χ1) is 8.61. The molecule has 0 saturated heterocycles. The van der Waals surface area contributed by atoms with E-state index in [1.165, 1.54) is 0 Å². The Bertz CT molecular complexity index is 500. The molecule has 1 atom stereocenters. The number of terminal acetylenes is 1. The molecule has 1 heterocycles. The zero-order chi connectivity index (χ0) is 13.1. The molecule has 0 aromatic heterocycles. The van der Waals surface area contributed by atoms with Crippen molar-refractivity contribution in [2.24, 2.45) is 5.92 Å². The molecule has 94 valence electrons. The summed E-state index contributed by atoms with van der Waals surface area (Å²) in [6, 6.07) is 5.40. The van der Waals surface area contributed by atoms with Gasteiger partial charge in [0.2, 0.25) is 0 Å². The van der Waals surface area contributed by atoms with Crippen molar-refractivity contribution in [1.29, 1.82) is 0 Å². The van der Waals surface area contributed by atoms with E-state index in [4.69, 9.17) is 11.2 Å². The van der Waals surface area contributed by atoms with Crippen molar-refractivity contribution < 1.29 is 9.53 Å². The SMILES string of the molecule is C#CC(NC(=O)c1ccc2c(c1)COC2)C(C)C. The Balaban J connectivity index is 2.12. The van der Waals surface area contributed by atoms with Gasteiger partial charge in [0.1, 0.15) is 0 Å². The maximum atomic E-state index is 12.1. The van der Waals surface area contributed by atoms with Crippen LogP contribution in [-0.2, 0) is 18.0 Å². The summed E-state index contributed by atoms with van der Waals surface area (Å²) in [5.74, 6) is 2.69. The first-order valence-corrected chi connectivity index (χ1v) is 6.08. The number of rotatable bonds is 3. The molecule has 0 spiro atoms. The van der Waals surface area contributed by atoms with Crippen molar-refractivity contribution in [3.8, 4) is 12.3 Å². The average molecular weight is 243 g/mol. The molecule has 1 aliphatic rings. The zero-order valence-electron chi connectivity index (χ0n) is 10.7. The second kappa shape index (κ2) is 5.24. The minimum atomic E-state index is -0.234. The van der Waals surface area contributed by atoms with Gasteiger partial charge in [-0.1, -0.05) is 25.8 Å². The van der Waals surface area contributed by atoms with Crippen molar-refractivity contribution in [3.05, 3.63) is 34.9 Å². The van der Waals surface area contributed by atoms with Gasteiger partial charge >= 0.3 is 0 Å². The summed E-state index contributed by atoms with van der Waals surface area (Å²) >= 11 is 0. The predicted octanol–water partition coefficient (Wildman–Crippen LogP) is 2.10. The minimum absolute atomic E-state index is 0.124. The Hall–Kier alpha value is -1.79. The maximum Gasteiger partial charge on any atom is 0.252 e. The topological polar surface area (TPSA) is 38.3 Å². The fourth-order valence-electron chi connectivity index (χ4n) is 1.94. The lowest BCUT2D eigenvalue weighted by atomic mass is 10.0. The quantitative estimate of drug-likeness (QED) is 0.826. The Morgan fingerprint density at radius 2 is 2.11 bits per heavy atom. The van der Waals surface area contributed by atoms with Gasteiger partial charge in [-0.05, 0) is 29.2 Å². The fourth-order valence-corrected chi connectivity index (χ4v) is 1.94. The highest BCUT2D eigenvalue weighted by Crippen LogP contribution is 2.20. The summed E-state index contributed by atoms with van der Waals surface area (Å²) in [5, 5.41) is 2.86. The lowest BCUT2D eigenvalue weighted by Crippen LogP contribution is -2.37. The molecule has 0 saturated carbocycles. The Kier molecular flexibility index (Phi) is 3.69. The Morgan fingerprint density at radius 1 is 1.39 bits per heavy atom. The third-order valence-corrected chi connectivity index (χ3v) is 3.12. The molecule has 3 heteroatoms. The molecule has 0 fully saturated rings. The molecule has 1 unspecified atom stereocenters. The normalized spacial score (nSPS) is 15.0. The van der Waals surface area contributed by atoms with Crippen LogP contribution in [0.25, 0.3) is 0 Å². The van der Waals surface area contributed by atoms with E-state index in [1.54, 1.807) is 0 Å². The fraction of sp³-hybridized carbons (Fsp3) is 0.400. The van der Waals surface area contributed by atoms with E-state index < -0.39 is 0 Å². The van der Waals surface area contributed by atoms with Crippen LogP contribution in [0.2, 0.25) is 0 Å². The van der Waals surface area contributed by atoms with E-state index in [1.807, 2.05) is 32.0 Å². The van der Waals surface area contributed by atoms with E-state index in [0.717, 1.165) is 11.1 Å². The number of fused-ring (bicyclic) bond motifs is 1. The molecule has 0 radical (unpaired) electrons. The van der Waals surface area contributed by atoms with Gasteiger partial charge < -0.3 is 10.1 Å². The van der Waals surface area contributed by atoms with Crippen LogP contribution in [0.15, 0.2) is 18.2 Å². The van der Waals surface area contributed by atoms with Crippen molar-refractivity contribution in [2.75, 3.05) is 0 Å². The van der Waals surface area contributed by atoms with Crippen LogP contribution >= 0.6 is 0 Å². The second-order valence-electron chi connectivity index (χ2n) is 4.84. The maximum absolute atomic E-state index is 12.1. The van der Waals surface area contributed by atoms with Crippen molar-refractivity contribution >= 4 is 5.91 Å². The smallest absolute Gasteiger partial charge is 0.252 e.